The summed E-state index contributed by atoms with van der Waals surface area (Å²) < 4.78 is 0. The summed E-state index contributed by atoms with van der Waals surface area (Å²) in [7, 11) is 0. The zero-order chi connectivity index (χ0) is 31.7. The fourth-order valence-electron chi connectivity index (χ4n) is 3.81. The van der Waals surface area contributed by atoms with E-state index in [4.69, 9.17) is 0 Å². The number of hydrogen-bond donors (Lipinski definition) is 0. The molecule has 11 heteroatoms. The van der Waals surface area contributed by atoms with Crippen molar-refractivity contribution in [3.8, 4) is 28.5 Å². The topological polar surface area (TPSA) is 127 Å². The molecule has 0 saturated carbocycles. The van der Waals surface area contributed by atoms with Crippen LogP contribution in [-0.2, 0) is 24.3 Å². The van der Waals surface area contributed by atoms with E-state index in [-0.39, 0.29) is 55.6 Å². The number of nitrogens with zero attached hydrogens (tertiary/aromatic N) is 5. The van der Waals surface area contributed by atoms with E-state index in [0.717, 1.165) is 22.8 Å². The van der Waals surface area contributed by atoms with Crippen LogP contribution in [0.3, 0.4) is 0 Å². The van der Waals surface area contributed by atoms with Gasteiger partial charge in [0.15, 0.2) is 5.78 Å². The molecule has 0 amide bonds. The van der Waals surface area contributed by atoms with E-state index < -0.39 is 11.7 Å². The van der Waals surface area contributed by atoms with Crippen molar-refractivity contribution in [1.82, 2.24) is 19.9 Å². The van der Waals surface area contributed by atoms with Crippen LogP contribution in [0.2, 0.25) is 0 Å². The number of aliphatic imine (C=N–C) groups is 1. The van der Waals surface area contributed by atoms with Gasteiger partial charge < -0.3 is 10.2 Å². The molecule has 4 aromatic heterocycles. The number of aromatic nitrogens is 4. The van der Waals surface area contributed by atoms with Gasteiger partial charge in [-0.25, -0.2) is 0 Å². The van der Waals surface area contributed by atoms with Crippen molar-refractivity contribution >= 4 is 48.3 Å². The van der Waals surface area contributed by atoms with Crippen LogP contribution in [0, 0.1) is 0 Å². The number of carbonyl (C=O) groups is 1. The summed E-state index contributed by atoms with van der Waals surface area (Å²) in [4.78, 5) is 32.3. The Balaban J connectivity index is 0.000000369. The Hall–Kier alpha value is -5.08. The zero-order valence-corrected chi connectivity index (χ0v) is 30.6. The maximum absolute atomic E-state index is 12.1. The van der Waals surface area contributed by atoms with Crippen molar-refractivity contribution < 1.29 is 34.5 Å². The molecule has 0 radical (unpaired) electrons. The second-order valence-electron chi connectivity index (χ2n) is 9.26. The predicted molar refractivity (Wildman–Crippen MR) is 188 cm³/mol. The molecule has 238 valence electrons. The Labute approximate surface area is 305 Å². The van der Waals surface area contributed by atoms with Crippen LogP contribution >= 0.6 is 24.8 Å². The summed E-state index contributed by atoms with van der Waals surface area (Å²) in [6.45, 7) is 1.28. The molecule has 6 aromatic rings. The van der Waals surface area contributed by atoms with E-state index in [1.807, 2.05) is 72.8 Å². The SMILES string of the molecule is CC(=O)/C(=C\c1ccccc1[O-])C([O-])=Nc1ccccc1.Cl.Cl.[Zn+2].c1ccc(-c2ccccn2)nc1.c1ccc(-c2ccccn2)nc1. The quantitative estimate of drug-likeness (QED) is 0.0786. The molecule has 6 rings (SSSR count). The van der Waals surface area contributed by atoms with E-state index in [2.05, 4.69) is 24.9 Å². The fraction of sp³-hybridized carbons (Fsp3) is 0.0270. The molecule has 4 heterocycles. The maximum Gasteiger partial charge on any atom is 2.00 e. The normalized spacial score (nSPS) is 10.2. The molecule has 0 saturated heterocycles. The van der Waals surface area contributed by atoms with Crippen LogP contribution in [0.4, 0.5) is 5.69 Å². The van der Waals surface area contributed by atoms with E-state index in [1.54, 1.807) is 73.3 Å². The van der Waals surface area contributed by atoms with Gasteiger partial charge in [-0.15, -0.1) is 30.6 Å². The van der Waals surface area contributed by atoms with Crippen molar-refractivity contribution in [3.05, 3.63) is 163 Å². The summed E-state index contributed by atoms with van der Waals surface area (Å²) in [6, 6.07) is 38.0. The summed E-state index contributed by atoms with van der Waals surface area (Å²) >= 11 is 0. The smallest absolute Gasteiger partial charge is 0.872 e. The van der Waals surface area contributed by atoms with Crippen molar-refractivity contribution in [3.63, 3.8) is 0 Å². The number of pyridine rings is 4. The van der Waals surface area contributed by atoms with Crippen LogP contribution in [0.15, 0.2) is 163 Å². The third-order valence-electron chi connectivity index (χ3n) is 6.00. The van der Waals surface area contributed by atoms with Crippen molar-refractivity contribution in [2.24, 2.45) is 4.99 Å². The standard InChI is InChI=1S/C17H15NO3.2C10H8N2.2ClH.Zn/c1-12(19)15(11-13-7-5-6-10-16(13)20)17(21)18-14-8-3-2-4-9-14;2*1-3-7-11-9(5-1)10-6-2-4-8-12-10;;;/h2-11,20H,1H3,(H,18,21);2*1-8H;2*1H;/q;;;;;+2/p-2/b15-11+;;;;;. The number of benzene rings is 2. The third kappa shape index (κ3) is 13.3. The van der Waals surface area contributed by atoms with Crippen LogP contribution in [0.5, 0.6) is 5.75 Å². The van der Waals surface area contributed by atoms with Gasteiger partial charge in [-0.1, -0.05) is 66.7 Å². The summed E-state index contributed by atoms with van der Waals surface area (Å²) in [5.41, 5.74) is 4.30. The molecular weight excluding hydrogens is 699 g/mol. The van der Waals surface area contributed by atoms with Gasteiger partial charge in [0, 0.05) is 30.4 Å². The Morgan fingerprint density at radius 2 is 0.958 bits per heavy atom. The van der Waals surface area contributed by atoms with Gasteiger partial charge in [-0.05, 0) is 85.1 Å². The second kappa shape index (κ2) is 22.4. The molecular formula is C37H31Cl2N5O3Zn. The van der Waals surface area contributed by atoms with E-state index in [9.17, 15) is 15.0 Å². The van der Waals surface area contributed by atoms with Crippen LogP contribution in [-0.4, -0.2) is 31.6 Å². The van der Waals surface area contributed by atoms with E-state index in [1.165, 1.54) is 19.1 Å². The molecule has 0 atom stereocenters. The number of ketones is 1. The van der Waals surface area contributed by atoms with E-state index >= 15 is 0 Å². The number of carbonyl (C=O) groups excluding carboxylic acids is 1. The first-order valence-corrected chi connectivity index (χ1v) is 14.0. The molecule has 2 aromatic carbocycles. The summed E-state index contributed by atoms with van der Waals surface area (Å²) in [6.07, 6.45) is 8.36. The van der Waals surface area contributed by atoms with Crippen LogP contribution in [0.25, 0.3) is 28.9 Å². The molecule has 0 spiro atoms. The Kier molecular flexibility index (Phi) is 19.2. The fourth-order valence-corrected chi connectivity index (χ4v) is 3.81. The average Bonchev–Trinajstić information content (AvgIpc) is 3.10. The predicted octanol–water partition coefficient (Wildman–Crippen LogP) is 6.95. The molecule has 0 N–H and O–H groups in total. The third-order valence-corrected chi connectivity index (χ3v) is 6.00. The molecule has 8 nitrogen and oxygen atoms in total. The average molecular weight is 730 g/mol. The van der Waals surface area contributed by atoms with Gasteiger partial charge in [0.2, 0.25) is 0 Å². The molecule has 0 aliphatic carbocycles. The molecule has 48 heavy (non-hydrogen) atoms. The van der Waals surface area contributed by atoms with E-state index in [0.29, 0.717) is 11.3 Å². The Bertz CT molecular complexity index is 1690. The molecule has 0 aliphatic heterocycles. The number of rotatable bonds is 6. The first-order chi connectivity index (χ1) is 22.0. The summed E-state index contributed by atoms with van der Waals surface area (Å²) in [5, 5.41) is 23.8. The van der Waals surface area contributed by atoms with Gasteiger partial charge in [-0.3, -0.25) is 29.7 Å². The number of hydrogen-bond acceptors (Lipinski definition) is 8. The Morgan fingerprint density at radius 1 is 0.583 bits per heavy atom. The minimum absolute atomic E-state index is 0. The van der Waals surface area contributed by atoms with Gasteiger partial charge in [0.05, 0.1) is 28.5 Å². The molecule has 0 fully saturated rings. The van der Waals surface area contributed by atoms with Crippen molar-refractivity contribution in [2.45, 2.75) is 6.92 Å². The second-order valence-corrected chi connectivity index (χ2v) is 9.26. The molecule has 0 unspecified atom stereocenters. The first kappa shape index (κ1) is 40.9. The zero-order valence-electron chi connectivity index (χ0n) is 26.0. The largest absolute Gasteiger partial charge is 2.00 e. The molecule has 0 aliphatic rings. The first-order valence-electron chi connectivity index (χ1n) is 14.0. The molecule has 0 bridgehead atoms. The minimum atomic E-state index is -0.656. The monoisotopic (exact) mass is 727 g/mol. The van der Waals surface area contributed by atoms with Crippen LogP contribution in [0.1, 0.15) is 12.5 Å². The van der Waals surface area contributed by atoms with Gasteiger partial charge >= 0.3 is 19.5 Å². The minimum Gasteiger partial charge on any atom is -0.872 e. The van der Waals surface area contributed by atoms with Gasteiger partial charge in [0.25, 0.3) is 0 Å². The number of Topliss-reactive ketones (excluding diaryl/α,β-unsaturated/α-hetero) is 1. The number of para-hydroxylation sites is 2. The van der Waals surface area contributed by atoms with Gasteiger partial charge in [-0.2, -0.15) is 0 Å². The summed E-state index contributed by atoms with van der Waals surface area (Å²) in [5.74, 6) is -1.33. The van der Waals surface area contributed by atoms with Gasteiger partial charge in [0.1, 0.15) is 0 Å². The maximum atomic E-state index is 12.1. The number of halogens is 2. The Morgan fingerprint density at radius 3 is 1.31 bits per heavy atom. The van der Waals surface area contributed by atoms with Crippen molar-refractivity contribution in [1.29, 1.82) is 0 Å². The van der Waals surface area contributed by atoms with Crippen molar-refractivity contribution in [2.75, 3.05) is 0 Å². The van der Waals surface area contributed by atoms with Crippen LogP contribution < -0.4 is 10.2 Å².